The summed E-state index contributed by atoms with van der Waals surface area (Å²) in [6.45, 7) is 6.66. The summed E-state index contributed by atoms with van der Waals surface area (Å²) in [6.07, 6.45) is 9.29. The van der Waals surface area contributed by atoms with Gasteiger partial charge in [0.2, 0.25) is 0 Å². The van der Waals surface area contributed by atoms with Crippen molar-refractivity contribution in [3.63, 3.8) is 0 Å². The second-order valence-electron chi connectivity index (χ2n) is 6.93. The normalized spacial score (nSPS) is 24.6. The molecular formula is C19H31N. The fraction of sp³-hybridized carbons (Fsp3) is 0.684. The first-order valence-corrected chi connectivity index (χ1v) is 8.41. The van der Waals surface area contributed by atoms with Crippen LogP contribution in [0.2, 0.25) is 0 Å². The van der Waals surface area contributed by atoms with Crippen molar-refractivity contribution in [2.45, 2.75) is 71.8 Å². The largest absolute Gasteiger partial charge is 0.327 e. The van der Waals surface area contributed by atoms with Gasteiger partial charge in [0, 0.05) is 6.04 Å². The number of aryl methyl sites for hydroxylation is 2. The molecule has 1 fully saturated rings. The Hall–Kier alpha value is -0.820. The Labute approximate surface area is 125 Å². The molecule has 1 aliphatic carbocycles. The van der Waals surface area contributed by atoms with E-state index in [0.717, 1.165) is 18.3 Å². The third kappa shape index (κ3) is 4.34. The Bertz CT molecular complexity index is 396. The van der Waals surface area contributed by atoms with Gasteiger partial charge < -0.3 is 5.73 Å². The lowest BCUT2D eigenvalue weighted by Crippen LogP contribution is -2.35. The summed E-state index contributed by atoms with van der Waals surface area (Å²) in [7, 11) is 0. The molecule has 0 radical (unpaired) electrons. The summed E-state index contributed by atoms with van der Waals surface area (Å²) >= 11 is 0. The van der Waals surface area contributed by atoms with E-state index in [-0.39, 0.29) is 0 Å². The van der Waals surface area contributed by atoms with E-state index in [2.05, 4.69) is 39.0 Å². The molecule has 0 aliphatic heterocycles. The van der Waals surface area contributed by atoms with Crippen LogP contribution in [0, 0.1) is 25.7 Å². The van der Waals surface area contributed by atoms with Crippen molar-refractivity contribution in [3.05, 3.63) is 34.9 Å². The molecule has 0 spiro atoms. The van der Waals surface area contributed by atoms with Gasteiger partial charge in [-0.15, -0.1) is 0 Å². The summed E-state index contributed by atoms with van der Waals surface area (Å²) in [5, 5.41) is 0. The predicted molar refractivity (Wildman–Crippen MR) is 88.0 cm³/mol. The SMILES string of the molecule is CCCC1CCC(C(N)Cc2cc(C)cc(C)c2)CC1. The summed E-state index contributed by atoms with van der Waals surface area (Å²) in [5.74, 6) is 1.72. The Morgan fingerprint density at radius 2 is 1.65 bits per heavy atom. The second kappa shape index (κ2) is 7.26. The van der Waals surface area contributed by atoms with Crippen LogP contribution in [-0.4, -0.2) is 6.04 Å². The van der Waals surface area contributed by atoms with E-state index in [4.69, 9.17) is 5.73 Å². The molecule has 1 aromatic rings. The molecule has 0 heterocycles. The maximum absolute atomic E-state index is 6.50. The predicted octanol–water partition coefficient (Wildman–Crippen LogP) is 4.78. The molecule has 2 N–H and O–H groups in total. The number of hydrogen-bond donors (Lipinski definition) is 1. The Morgan fingerprint density at radius 1 is 1.05 bits per heavy atom. The summed E-state index contributed by atoms with van der Waals surface area (Å²) in [4.78, 5) is 0. The van der Waals surface area contributed by atoms with Crippen molar-refractivity contribution in [2.24, 2.45) is 17.6 Å². The highest BCUT2D eigenvalue weighted by Gasteiger charge is 2.25. The fourth-order valence-electron chi connectivity index (χ4n) is 3.94. The van der Waals surface area contributed by atoms with Gasteiger partial charge in [0.1, 0.15) is 0 Å². The molecule has 0 amide bonds. The molecule has 1 atom stereocenters. The third-order valence-electron chi connectivity index (χ3n) is 4.95. The van der Waals surface area contributed by atoms with Crippen LogP contribution < -0.4 is 5.73 Å². The van der Waals surface area contributed by atoms with Crippen LogP contribution >= 0.6 is 0 Å². The average Bonchev–Trinajstić information content (AvgIpc) is 2.38. The first-order valence-electron chi connectivity index (χ1n) is 8.41. The highest BCUT2D eigenvalue weighted by molar-refractivity contribution is 5.29. The highest BCUT2D eigenvalue weighted by atomic mass is 14.6. The van der Waals surface area contributed by atoms with E-state index >= 15 is 0 Å². The lowest BCUT2D eigenvalue weighted by molar-refractivity contribution is 0.232. The molecule has 1 saturated carbocycles. The fourth-order valence-corrected chi connectivity index (χ4v) is 3.94. The van der Waals surface area contributed by atoms with Gasteiger partial charge >= 0.3 is 0 Å². The Kier molecular flexibility index (Phi) is 5.65. The van der Waals surface area contributed by atoms with E-state index in [9.17, 15) is 0 Å². The van der Waals surface area contributed by atoms with E-state index in [1.165, 1.54) is 55.2 Å². The Morgan fingerprint density at radius 3 is 2.20 bits per heavy atom. The van der Waals surface area contributed by atoms with Crippen LogP contribution in [0.5, 0.6) is 0 Å². The van der Waals surface area contributed by atoms with Gasteiger partial charge in [-0.25, -0.2) is 0 Å². The summed E-state index contributed by atoms with van der Waals surface area (Å²) in [5.41, 5.74) is 10.6. The van der Waals surface area contributed by atoms with Gasteiger partial charge in [-0.2, -0.15) is 0 Å². The van der Waals surface area contributed by atoms with Crippen LogP contribution in [0.15, 0.2) is 18.2 Å². The Balaban J connectivity index is 1.87. The molecule has 1 heteroatoms. The average molecular weight is 273 g/mol. The molecule has 1 aromatic carbocycles. The molecule has 0 aromatic heterocycles. The van der Waals surface area contributed by atoms with E-state index in [0.29, 0.717) is 6.04 Å². The smallest absolute Gasteiger partial charge is 0.0108 e. The van der Waals surface area contributed by atoms with Gasteiger partial charge in [-0.3, -0.25) is 0 Å². The molecule has 20 heavy (non-hydrogen) atoms. The third-order valence-corrected chi connectivity index (χ3v) is 4.95. The van der Waals surface area contributed by atoms with Gasteiger partial charge in [-0.05, 0) is 50.5 Å². The zero-order valence-corrected chi connectivity index (χ0v) is 13.5. The molecule has 1 nitrogen and oxygen atoms in total. The molecule has 1 unspecified atom stereocenters. The minimum Gasteiger partial charge on any atom is -0.327 e. The van der Waals surface area contributed by atoms with Crippen molar-refractivity contribution in [2.75, 3.05) is 0 Å². The van der Waals surface area contributed by atoms with Crippen molar-refractivity contribution in [1.82, 2.24) is 0 Å². The lowest BCUT2D eigenvalue weighted by atomic mass is 9.76. The number of benzene rings is 1. The van der Waals surface area contributed by atoms with E-state index < -0.39 is 0 Å². The van der Waals surface area contributed by atoms with Crippen molar-refractivity contribution >= 4 is 0 Å². The summed E-state index contributed by atoms with van der Waals surface area (Å²) in [6, 6.07) is 7.19. The molecule has 1 aliphatic rings. The standard InChI is InChI=1S/C19H31N/c1-4-5-16-6-8-18(9-7-16)19(20)13-17-11-14(2)10-15(3)12-17/h10-12,16,18-19H,4-9,13,20H2,1-3H3. The molecule has 0 saturated heterocycles. The second-order valence-corrected chi connectivity index (χ2v) is 6.93. The molecule has 2 rings (SSSR count). The minimum absolute atomic E-state index is 0.346. The molecular weight excluding hydrogens is 242 g/mol. The zero-order valence-electron chi connectivity index (χ0n) is 13.5. The summed E-state index contributed by atoms with van der Waals surface area (Å²) < 4.78 is 0. The van der Waals surface area contributed by atoms with Crippen LogP contribution in [0.1, 0.15) is 62.1 Å². The van der Waals surface area contributed by atoms with Gasteiger partial charge in [0.05, 0.1) is 0 Å². The van der Waals surface area contributed by atoms with Crippen LogP contribution in [-0.2, 0) is 6.42 Å². The molecule has 0 bridgehead atoms. The quantitative estimate of drug-likeness (QED) is 0.821. The monoisotopic (exact) mass is 273 g/mol. The van der Waals surface area contributed by atoms with E-state index in [1.54, 1.807) is 0 Å². The van der Waals surface area contributed by atoms with E-state index in [1.807, 2.05) is 0 Å². The minimum atomic E-state index is 0.346. The van der Waals surface area contributed by atoms with Gasteiger partial charge in [0.25, 0.3) is 0 Å². The van der Waals surface area contributed by atoms with Crippen LogP contribution in [0.3, 0.4) is 0 Å². The van der Waals surface area contributed by atoms with Crippen molar-refractivity contribution < 1.29 is 0 Å². The topological polar surface area (TPSA) is 26.0 Å². The van der Waals surface area contributed by atoms with Gasteiger partial charge in [0.15, 0.2) is 0 Å². The molecule has 112 valence electrons. The first kappa shape index (κ1) is 15.6. The number of rotatable bonds is 5. The van der Waals surface area contributed by atoms with Crippen molar-refractivity contribution in [3.8, 4) is 0 Å². The van der Waals surface area contributed by atoms with Gasteiger partial charge in [-0.1, -0.05) is 61.9 Å². The lowest BCUT2D eigenvalue weighted by Gasteiger charge is -2.32. The first-order chi connectivity index (χ1) is 9.58. The number of nitrogens with two attached hydrogens (primary N) is 1. The maximum atomic E-state index is 6.50. The van der Waals surface area contributed by atoms with Crippen molar-refractivity contribution in [1.29, 1.82) is 0 Å². The van der Waals surface area contributed by atoms with Crippen LogP contribution in [0.25, 0.3) is 0 Å². The maximum Gasteiger partial charge on any atom is 0.0108 e. The van der Waals surface area contributed by atoms with Crippen LogP contribution in [0.4, 0.5) is 0 Å². The zero-order chi connectivity index (χ0) is 14.5. The highest BCUT2D eigenvalue weighted by Crippen LogP contribution is 2.33. The number of hydrogen-bond acceptors (Lipinski definition) is 1.